The van der Waals surface area contributed by atoms with Gasteiger partial charge in [0.2, 0.25) is 0 Å². The minimum absolute atomic E-state index is 0.0733. The van der Waals surface area contributed by atoms with Gasteiger partial charge < -0.3 is 9.64 Å². The first-order valence-electron chi connectivity index (χ1n) is 7.70. The number of amides is 1. The zero-order chi connectivity index (χ0) is 14.8. The lowest BCUT2D eigenvalue weighted by molar-refractivity contribution is -0.133. The lowest BCUT2D eigenvalue weighted by Gasteiger charge is -2.16. The number of fused-ring (bicyclic) bond motifs is 1. The largest absolute Gasteiger partial charge is 0.451 e. The van der Waals surface area contributed by atoms with E-state index < -0.39 is 0 Å². The highest BCUT2D eigenvalue weighted by molar-refractivity contribution is 7.14. The van der Waals surface area contributed by atoms with Crippen LogP contribution in [0.3, 0.4) is 0 Å². The summed E-state index contributed by atoms with van der Waals surface area (Å²) in [5.74, 6) is 0.262. The smallest absolute Gasteiger partial charge is 0.348 e. The van der Waals surface area contributed by atoms with Crippen LogP contribution in [0, 0.1) is 5.92 Å². The minimum Gasteiger partial charge on any atom is -0.451 e. The molecule has 1 unspecified atom stereocenters. The van der Waals surface area contributed by atoms with Crippen molar-refractivity contribution in [2.24, 2.45) is 5.92 Å². The Balaban J connectivity index is 1.57. The van der Waals surface area contributed by atoms with Crippen LogP contribution in [0.2, 0.25) is 0 Å². The molecule has 4 nitrogen and oxygen atoms in total. The summed E-state index contributed by atoms with van der Waals surface area (Å²) in [5.41, 5.74) is 1.29. The van der Waals surface area contributed by atoms with Gasteiger partial charge in [-0.25, -0.2) is 4.79 Å². The number of ether oxygens (including phenoxy) is 1. The number of thiophene rings is 1. The molecule has 0 bridgehead atoms. The molecule has 0 N–H and O–H groups in total. The van der Waals surface area contributed by atoms with Gasteiger partial charge in [-0.2, -0.15) is 0 Å². The van der Waals surface area contributed by atoms with E-state index in [1.54, 1.807) is 4.90 Å². The van der Waals surface area contributed by atoms with Crippen LogP contribution in [-0.4, -0.2) is 36.5 Å². The van der Waals surface area contributed by atoms with Crippen molar-refractivity contribution in [2.45, 2.75) is 39.0 Å². The van der Waals surface area contributed by atoms with Crippen LogP contribution >= 0.6 is 11.3 Å². The summed E-state index contributed by atoms with van der Waals surface area (Å²) in [6.07, 6.45) is 5.40. The van der Waals surface area contributed by atoms with Gasteiger partial charge in [-0.05, 0) is 49.7 Å². The SMILES string of the molecule is CC1CCc2sc(C(=O)OCC(=O)N3CCCC3)cc2C1. The number of carbonyl (C=O) groups is 2. The molecule has 2 heterocycles. The van der Waals surface area contributed by atoms with E-state index in [4.69, 9.17) is 4.74 Å². The first-order chi connectivity index (χ1) is 10.1. The van der Waals surface area contributed by atoms with Crippen LogP contribution in [-0.2, 0) is 22.4 Å². The molecular formula is C16H21NO3S. The monoisotopic (exact) mass is 307 g/mol. The first kappa shape index (κ1) is 14.6. The molecule has 0 spiro atoms. The van der Waals surface area contributed by atoms with Crippen molar-refractivity contribution in [1.82, 2.24) is 4.90 Å². The molecule has 1 aliphatic heterocycles. The van der Waals surface area contributed by atoms with E-state index >= 15 is 0 Å². The molecular weight excluding hydrogens is 286 g/mol. The molecule has 114 valence electrons. The number of carbonyl (C=O) groups excluding carboxylic acids is 2. The summed E-state index contributed by atoms with van der Waals surface area (Å²) in [5, 5.41) is 0. The van der Waals surface area contributed by atoms with E-state index in [1.165, 1.54) is 28.2 Å². The fourth-order valence-electron chi connectivity index (χ4n) is 3.06. The second-order valence-corrected chi connectivity index (χ2v) is 7.21. The highest BCUT2D eigenvalue weighted by Crippen LogP contribution is 2.32. The molecule has 0 aromatic carbocycles. The van der Waals surface area contributed by atoms with E-state index in [-0.39, 0.29) is 18.5 Å². The van der Waals surface area contributed by atoms with E-state index in [0.29, 0.717) is 10.8 Å². The Hall–Kier alpha value is -1.36. The predicted octanol–water partition coefficient (Wildman–Crippen LogP) is 2.65. The lowest BCUT2D eigenvalue weighted by atomic mass is 9.90. The minimum atomic E-state index is -0.352. The quantitative estimate of drug-likeness (QED) is 0.807. The van der Waals surface area contributed by atoms with Crippen LogP contribution in [0.5, 0.6) is 0 Å². The van der Waals surface area contributed by atoms with Gasteiger partial charge >= 0.3 is 5.97 Å². The number of rotatable bonds is 3. The molecule has 1 atom stereocenters. The predicted molar refractivity (Wildman–Crippen MR) is 81.6 cm³/mol. The number of nitrogens with zero attached hydrogens (tertiary/aromatic N) is 1. The van der Waals surface area contributed by atoms with Gasteiger partial charge in [-0.15, -0.1) is 11.3 Å². The zero-order valence-electron chi connectivity index (χ0n) is 12.4. The standard InChI is InChI=1S/C16H21NO3S/c1-11-4-5-13-12(8-11)9-14(21-13)16(19)20-10-15(18)17-6-2-3-7-17/h9,11H,2-8,10H2,1H3. The molecule has 5 heteroatoms. The lowest BCUT2D eigenvalue weighted by Crippen LogP contribution is -2.31. The normalized spacial score (nSPS) is 21.2. The van der Waals surface area contributed by atoms with E-state index in [0.717, 1.165) is 38.8 Å². The van der Waals surface area contributed by atoms with Crippen molar-refractivity contribution in [1.29, 1.82) is 0 Å². The highest BCUT2D eigenvalue weighted by atomic mass is 32.1. The summed E-state index contributed by atoms with van der Waals surface area (Å²) in [6, 6.07) is 1.96. The third kappa shape index (κ3) is 3.28. The third-order valence-corrected chi connectivity index (χ3v) is 5.53. The Bertz CT molecular complexity index is 546. The number of hydrogen-bond acceptors (Lipinski definition) is 4. The van der Waals surface area contributed by atoms with Crippen LogP contribution in [0.4, 0.5) is 0 Å². The van der Waals surface area contributed by atoms with Gasteiger partial charge in [-0.1, -0.05) is 6.92 Å². The molecule has 2 aliphatic rings. The second-order valence-electron chi connectivity index (χ2n) is 6.07. The average Bonchev–Trinajstić information content (AvgIpc) is 3.12. The van der Waals surface area contributed by atoms with Gasteiger partial charge in [0, 0.05) is 18.0 Å². The molecule has 1 aromatic heterocycles. The molecule has 1 amide bonds. The van der Waals surface area contributed by atoms with E-state index in [1.807, 2.05) is 6.07 Å². The molecule has 21 heavy (non-hydrogen) atoms. The maximum Gasteiger partial charge on any atom is 0.348 e. The Labute approximate surface area is 129 Å². The highest BCUT2D eigenvalue weighted by Gasteiger charge is 2.23. The number of esters is 1. The topological polar surface area (TPSA) is 46.6 Å². The summed E-state index contributed by atoms with van der Waals surface area (Å²) < 4.78 is 5.19. The molecule has 1 aliphatic carbocycles. The Morgan fingerprint density at radius 3 is 2.90 bits per heavy atom. The van der Waals surface area contributed by atoms with Crippen LogP contribution in [0.25, 0.3) is 0 Å². The van der Waals surface area contributed by atoms with Crippen molar-refractivity contribution in [3.63, 3.8) is 0 Å². The second kappa shape index (κ2) is 6.18. The molecule has 3 rings (SSSR count). The van der Waals surface area contributed by atoms with Crippen LogP contribution in [0.15, 0.2) is 6.07 Å². The summed E-state index contributed by atoms with van der Waals surface area (Å²) in [7, 11) is 0. The van der Waals surface area contributed by atoms with Gasteiger partial charge in [0.05, 0.1) is 0 Å². The van der Waals surface area contributed by atoms with E-state index in [9.17, 15) is 9.59 Å². The van der Waals surface area contributed by atoms with Crippen molar-refractivity contribution in [2.75, 3.05) is 19.7 Å². The van der Waals surface area contributed by atoms with Gasteiger partial charge in [0.15, 0.2) is 6.61 Å². The Morgan fingerprint density at radius 2 is 2.14 bits per heavy atom. The summed E-state index contributed by atoms with van der Waals surface area (Å²) in [6.45, 7) is 3.70. The maximum absolute atomic E-state index is 12.1. The summed E-state index contributed by atoms with van der Waals surface area (Å²) in [4.78, 5) is 27.7. The van der Waals surface area contributed by atoms with Crippen LogP contribution < -0.4 is 0 Å². The van der Waals surface area contributed by atoms with Gasteiger partial charge in [-0.3, -0.25) is 4.79 Å². The molecule has 1 saturated heterocycles. The van der Waals surface area contributed by atoms with Crippen molar-refractivity contribution >= 4 is 23.2 Å². The first-order valence-corrected chi connectivity index (χ1v) is 8.51. The Kier molecular flexibility index (Phi) is 4.29. The van der Waals surface area contributed by atoms with Gasteiger partial charge in [0.1, 0.15) is 4.88 Å². The number of aryl methyl sites for hydroxylation is 1. The fraction of sp³-hybridized carbons (Fsp3) is 0.625. The van der Waals surface area contributed by atoms with Crippen molar-refractivity contribution in [3.8, 4) is 0 Å². The Morgan fingerprint density at radius 1 is 1.38 bits per heavy atom. The fourth-order valence-corrected chi connectivity index (χ4v) is 4.16. The number of hydrogen-bond donors (Lipinski definition) is 0. The van der Waals surface area contributed by atoms with Crippen LogP contribution in [0.1, 0.15) is 46.3 Å². The molecule has 1 aromatic rings. The molecule has 0 radical (unpaired) electrons. The maximum atomic E-state index is 12.1. The molecule has 0 saturated carbocycles. The van der Waals surface area contributed by atoms with Crippen molar-refractivity contribution < 1.29 is 14.3 Å². The summed E-state index contributed by atoms with van der Waals surface area (Å²) >= 11 is 1.53. The van der Waals surface area contributed by atoms with E-state index in [2.05, 4.69) is 6.92 Å². The third-order valence-electron chi connectivity index (χ3n) is 4.32. The van der Waals surface area contributed by atoms with Gasteiger partial charge in [0.25, 0.3) is 5.91 Å². The van der Waals surface area contributed by atoms with Crippen molar-refractivity contribution in [3.05, 3.63) is 21.4 Å². The number of likely N-dealkylation sites (tertiary alicyclic amines) is 1. The molecule has 1 fully saturated rings. The zero-order valence-corrected chi connectivity index (χ0v) is 13.2. The average molecular weight is 307 g/mol.